The maximum absolute atomic E-state index is 13.0. The maximum atomic E-state index is 13.0. The van der Waals surface area contributed by atoms with Crippen LogP contribution in [0.1, 0.15) is 42.0 Å². The molecule has 9 nitrogen and oxygen atoms in total. The summed E-state index contributed by atoms with van der Waals surface area (Å²) in [7, 11) is -1.86. The molecular formula is C16H23N5O4S. The van der Waals surface area contributed by atoms with Crippen molar-refractivity contribution in [2.75, 3.05) is 6.54 Å². The van der Waals surface area contributed by atoms with Crippen molar-refractivity contribution in [3.8, 4) is 0 Å². The Balaban J connectivity index is 1.86. The molecule has 0 spiro atoms. The lowest BCUT2D eigenvalue weighted by Crippen LogP contribution is -2.37. The number of carbonyl (C=O) groups is 1. The highest BCUT2D eigenvalue weighted by molar-refractivity contribution is 7.89. The van der Waals surface area contributed by atoms with Crippen molar-refractivity contribution in [1.29, 1.82) is 0 Å². The Bertz CT molecular complexity index is 925. The molecule has 1 aliphatic rings. The number of amides is 1. The first-order valence-electron chi connectivity index (χ1n) is 8.48. The van der Waals surface area contributed by atoms with E-state index < -0.39 is 10.0 Å². The smallest absolute Gasteiger partial charge is 0.248 e. The van der Waals surface area contributed by atoms with E-state index in [1.807, 2.05) is 11.6 Å². The summed E-state index contributed by atoms with van der Waals surface area (Å²) in [6.45, 7) is 5.91. The normalized spacial score (nSPS) is 15.1. The molecule has 0 saturated heterocycles. The molecule has 1 amide bonds. The third-order valence-electron chi connectivity index (χ3n) is 4.64. The SMILES string of the molecule is CCC(=O)NCc1nc2c(n1C)CN(S(=O)(=O)c1c(C)noc1C)CC2. The molecule has 2 aromatic rings. The number of aryl methyl sites for hydroxylation is 2. The lowest BCUT2D eigenvalue weighted by molar-refractivity contribution is -0.120. The maximum Gasteiger partial charge on any atom is 0.248 e. The summed E-state index contributed by atoms with van der Waals surface area (Å²) < 4.78 is 34.3. The fourth-order valence-corrected chi connectivity index (χ4v) is 4.85. The molecular weight excluding hydrogens is 358 g/mol. The summed E-state index contributed by atoms with van der Waals surface area (Å²) in [6, 6.07) is 0. The second kappa shape index (κ2) is 6.84. The Hall–Kier alpha value is -2.20. The van der Waals surface area contributed by atoms with Gasteiger partial charge < -0.3 is 14.4 Å². The molecule has 0 saturated carbocycles. The van der Waals surface area contributed by atoms with Gasteiger partial charge in [-0.25, -0.2) is 13.4 Å². The minimum Gasteiger partial charge on any atom is -0.360 e. The van der Waals surface area contributed by atoms with E-state index in [0.29, 0.717) is 43.2 Å². The Kier molecular flexibility index (Phi) is 4.89. The monoisotopic (exact) mass is 381 g/mol. The number of hydrogen-bond acceptors (Lipinski definition) is 6. The van der Waals surface area contributed by atoms with Crippen molar-refractivity contribution >= 4 is 15.9 Å². The number of carbonyl (C=O) groups excluding carboxylic acids is 1. The second-order valence-electron chi connectivity index (χ2n) is 6.35. The van der Waals surface area contributed by atoms with Crippen LogP contribution >= 0.6 is 0 Å². The van der Waals surface area contributed by atoms with Crippen LogP contribution in [0.15, 0.2) is 9.42 Å². The number of hydrogen-bond donors (Lipinski definition) is 1. The average Bonchev–Trinajstić information content (AvgIpc) is 3.12. The van der Waals surface area contributed by atoms with Crippen molar-refractivity contribution in [3.63, 3.8) is 0 Å². The number of imidazole rings is 1. The molecule has 2 aromatic heterocycles. The standard InChI is InChI=1S/C16H23N5O4S/c1-5-15(22)17-8-14-18-12-6-7-21(9-13(12)20(14)4)26(23,24)16-10(2)19-25-11(16)3/h5-9H2,1-4H3,(H,17,22). The molecule has 0 aromatic carbocycles. The van der Waals surface area contributed by atoms with Gasteiger partial charge in [-0.05, 0) is 13.8 Å². The summed E-state index contributed by atoms with van der Waals surface area (Å²) >= 11 is 0. The van der Waals surface area contributed by atoms with Crippen molar-refractivity contribution in [2.45, 2.75) is 51.6 Å². The molecule has 0 atom stereocenters. The molecule has 0 aliphatic carbocycles. The van der Waals surface area contributed by atoms with Crippen LogP contribution in [0, 0.1) is 13.8 Å². The lowest BCUT2D eigenvalue weighted by atomic mass is 10.2. The molecule has 1 aliphatic heterocycles. The molecule has 0 fully saturated rings. The fourth-order valence-electron chi connectivity index (χ4n) is 3.16. The number of fused-ring (bicyclic) bond motifs is 1. The van der Waals surface area contributed by atoms with Crippen LogP contribution in [0.5, 0.6) is 0 Å². The van der Waals surface area contributed by atoms with Crippen LogP contribution in [0.3, 0.4) is 0 Å². The van der Waals surface area contributed by atoms with Crippen LogP contribution in [-0.4, -0.2) is 39.9 Å². The van der Waals surface area contributed by atoms with E-state index in [9.17, 15) is 13.2 Å². The average molecular weight is 381 g/mol. The molecule has 3 rings (SSSR count). The predicted molar refractivity (Wildman–Crippen MR) is 92.6 cm³/mol. The minimum absolute atomic E-state index is 0.0476. The molecule has 0 unspecified atom stereocenters. The highest BCUT2D eigenvalue weighted by Crippen LogP contribution is 2.28. The first-order valence-corrected chi connectivity index (χ1v) is 9.92. The summed E-state index contributed by atoms with van der Waals surface area (Å²) in [6.07, 6.45) is 0.932. The van der Waals surface area contributed by atoms with Gasteiger partial charge in [-0.1, -0.05) is 12.1 Å². The third-order valence-corrected chi connectivity index (χ3v) is 6.73. The molecule has 0 radical (unpaired) electrons. The van der Waals surface area contributed by atoms with Gasteiger partial charge in [0.15, 0.2) is 5.76 Å². The summed E-state index contributed by atoms with van der Waals surface area (Å²) in [5.74, 6) is 0.961. The Morgan fingerprint density at radius 1 is 1.35 bits per heavy atom. The zero-order valence-corrected chi connectivity index (χ0v) is 16.2. The Morgan fingerprint density at radius 2 is 2.08 bits per heavy atom. The van der Waals surface area contributed by atoms with E-state index in [1.165, 1.54) is 4.31 Å². The Morgan fingerprint density at radius 3 is 2.69 bits per heavy atom. The predicted octanol–water partition coefficient (Wildman–Crippen LogP) is 0.798. The van der Waals surface area contributed by atoms with E-state index in [1.54, 1.807) is 20.8 Å². The van der Waals surface area contributed by atoms with Gasteiger partial charge >= 0.3 is 0 Å². The van der Waals surface area contributed by atoms with Gasteiger partial charge in [-0.15, -0.1) is 0 Å². The van der Waals surface area contributed by atoms with Crippen molar-refractivity contribution < 1.29 is 17.7 Å². The van der Waals surface area contributed by atoms with E-state index >= 15 is 0 Å². The van der Waals surface area contributed by atoms with Crippen molar-refractivity contribution in [1.82, 2.24) is 24.3 Å². The number of nitrogens with one attached hydrogen (secondary N) is 1. The van der Waals surface area contributed by atoms with Gasteiger partial charge in [0.1, 0.15) is 16.4 Å². The van der Waals surface area contributed by atoms with Crippen LogP contribution in [0.2, 0.25) is 0 Å². The quantitative estimate of drug-likeness (QED) is 0.820. The molecule has 26 heavy (non-hydrogen) atoms. The fraction of sp³-hybridized carbons (Fsp3) is 0.562. The summed E-state index contributed by atoms with van der Waals surface area (Å²) in [5.41, 5.74) is 2.08. The first kappa shape index (κ1) is 18.6. The number of rotatable bonds is 5. The van der Waals surface area contributed by atoms with Crippen LogP contribution in [-0.2, 0) is 41.4 Å². The van der Waals surface area contributed by atoms with Crippen molar-refractivity contribution in [2.24, 2.45) is 7.05 Å². The molecule has 3 heterocycles. The van der Waals surface area contributed by atoms with Gasteiger partial charge in [-0.3, -0.25) is 4.79 Å². The van der Waals surface area contributed by atoms with E-state index in [4.69, 9.17) is 4.52 Å². The van der Waals surface area contributed by atoms with E-state index in [-0.39, 0.29) is 17.3 Å². The second-order valence-corrected chi connectivity index (χ2v) is 8.23. The molecule has 0 bridgehead atoms. The number of nitrogens with zero attached hydrogens (tertiary/aromatic N) is 4. The first-order chi connectivity index (χ1) is 12.3. The number of sulfonamides is 1. The molecule has 1 N–H and O–H groups in total. The zero-order chi connectivity index (χ0) is 19.1. The third kappa shape index (κ3) is 3.14. The lowest BCUT2D eigenvalue weighted by Gasteiger charge is -2.26. The van der Waals surface area contributed by atoms with Gasteiger partial charge in [0.05, 0.1) is 24.5 Å². The zero-order valence-electron chi connectivity index (χ0n) is 15.4. The summed E-state index contributed by atoms with van der Waals surface area (Å²) in [4.78, 5) is 16.2. The van der Waals surface area contributed by atoms with E-state index in [2.05, 4.69) is 15.5 Å². The highest BCUT2D eigenvalue weighted by Gasteiger charge is 2.35. The molecule has 10 heteroatoms. The van der Waals surface area contributed by atoms with Crippen molar-refractivity contribution in [3.05, 3.63) is 28.7 Å². The van der Waals surface area contributed by atoms with E-state index in [0.717, 1.165) is 11.4 Å². The van der Waals surface area contributed by atoms with Crippen LogP contribution in [0.4, 0.5) is 0 Å². The Labute approximate surface area is 152 Å². The van der Waals surface area contributed by atoms with Gasteiger partial charge in [0, 0.05) is 26.4 Å². The highest BCUT2D eigenvalue weighted by atomic mass is 32.2. The van der Waals surface area contributed by atoms with Gasteiger partial charge in [-0.2, -0.15) is 4.31 Å². The number of aromatic nitrogens is 3. The van der Waals surface area contributed by atoms with Gasteiger partial charge in [0.2, 0.25) is 15.9 Å². The van der Waals surface area contributed by atoms with Crippen LogP contribution in [0.25, 0.3) is 0 Å². The topological polar surface area (TPSA) is 110 Å². The minimum atomic E-state index is -3.69. The largest absolute Gasteiger partial charge is 0.360 e. The molecule has 142 valence electrons. The van der Waals surface area contributed by atoms with Crippen LogP contribution < -0.4 is 5.32 Å². The summed E-state index contributed by atoms with van der Waals surface area (Å²) in [5, 5.41) is 6.56. The van der Waals surface area contributed by atoms with Gasteiger partial charge in [0.25, 0.3) is 0 Å².